The van der Waals surface area contributed by atoms with E-state index in [-0.39, 0.29) is 12.0 Å². The molecular weight excluding hydrogens is 250 g/mol. The Morgan fingerprint density at radius 1 is 1.61 bits per heavy atom. The Balaban J connectivity index is 1.77. The van der Waals surface area contributed by atoms with Crippen LogP contribution in [-0.4, -0.2) is 35.9 Å². The van der Waals surface area contributed by atoms with Crippen LogP contribution < -0.4 is 5.32 Å². The monoisotopic (exact) mass is 269 g/mol. The van der Waals surface area contributed by atoms with Crippen LogP contribution in [0.5, 0.6) is 0 Å². The summed E-state index contributed by atoms with van der Waals surface area (Å²) >= 11 is 1.46. The number of rotatable bonds is 5. The van der Waals surface area contributed by atoms with E-state index in [4.69, 9.17) is 4.74 Å². The molecule has 18 heavy (non-hydrogen) atoms. The molecule has 1 aliphatic rings. The third-order valence-corrected chi connectivity index (χ3v) is 4.16. The topological polar surface area (TPSA) is 58.6 Å². The van der Waals surface area contributed by atoms with E-state index >= 15 is 0 Å². The average Bonchev–Trinajstić information content (AvgIpc) is 2.71. The van der Waals surface area contributed by atoms with Gasteiger partial charge in [-0.15, -0.1) is 11.3 Å². The van der Waals surface area contributed by atoms with Gasteiger partial charge in [-0.05, 0) is 26.0 Å². The first-order chi connectivity index (χ1) is 8.52. The zero-order valence-corrected chi connectivity index (χ0v) is 11.5. The van der Waals surface area contributed by atoms with Crippen LogP contribution in [0.1, 0.15) is 34.3 Å². The Morgan fingerprint density at radius 2 is 2.33 bits per heavy atom. The Morgan fingerprint density at radius 3 is 2.89 bits per heavy atom. The van der Waals surface area contributed by atoms with Crippen LogP contribution in [0.25, 0.3) is 0 Å². The summed E-state index contributed by atoms with van der Waals surface area (Å²) < 4.78 is 5.40. The van der Waals surface area contributed by atoms with Crippen LogP contribution in [0.4, 0.5) is 0 Å². The van der Waals surface area contributed by atoms with Crippen molar-refractivity contribution in [2.45, 2.75) is 38.4 Å². The highest BCUT2D eigenvalue weighted by Crippen LogP contribution is 2.34. The van der Waals surface area contributed by atoms with Crippen molar-refractivity contribution in [2.24, 2.45) is 0 Å². The maximum atomic E-state index is 11.8. The van der Waals surface area contributed by atoms with Gasteiger partial charge in [0, 0.05) is 30.9 Å². The number of aryl methyl sites for hydroxylation is 1. The summed E-state index contributed by atoms with van der Waals surface area (Å²) in [6.07, 6.45) is 1.34. The first kappa shape index (κ1) is 13.5. The number of thiophene rings is 1. The smallest absolute Gasteiger partial charge is 0.261 e. The van der Waals surface area contributed by atoms with Gasteiger partial charge in [0.1, 0.15) is 0 Å². The molecule has 1 heterocycles. The molecule has 0 spiro atoms. The quantitative estimate of drug-likeness (QED) is 0.855. The third-order valence-electron chi connectivity index (χ3n) is 3.16. The summed E-state index contributed by atoms with van der Waals surface area (Å²) in [6, 6.07) is 3.73. The van der Waals surface area contributed by atoms with Crippen LogP contribution in [-0.2, 0) is 4.74 Å². The summed E-state index contributed by atoms with van der Waals surface area (Å²) in [7, 11) is 0. The lowest BCUT2D eigenvalue weighted by molar-refractivity contribution is -0.133. The van der Waals surface area contributed by atoms with Crippen LogP contribution >= 0.6 is 11.3 Å². The van der Waals surface area contributed by atoms with Crippen molar-refractivity contribution >= 4 is 17.2 Å². The standard InChI is InChI=1S/C13H19NO3S/c1-3-17-10-6-13(16,7-10)8-14-12(15)11-5-4-9(2)18-11/h4-5,10,16H,3,6-8H2,1-2H3,(H,14,15). The van der Waals surface area contributed by atoms with Gasteiger partial charge in [-0.25, -0.2) is 0 Å². The molecule has 1 aliphatic carbocycles. The predicted octanol–water partition coefficient (Wildman–Crippen LogP) is 1.72. The number of amides is 1. The molecule has 2 N–H and O–H groups in total. The van der Waals surface area contributed by atoms with Crippen LogP contribution in [0.2, 0.25) is 0 Å². The van der Waals surface area contributed by atoms with E-state index < -0.39 is 5.60 Å². The van der Waals surface area contributed by atoms with Crippen LogP contribution in [0, 0.1) is 6.92 Å². The molecule has 2 rings (SSSR count). The number of aliphatic hydroxyl groups is 1. The second-order valence-electron chi connectivity index (χ2n) is 4.80. The molecule has 0 radical (unpaired) electrons. The zero-order chi connectivity index (χ0) is 13.2. The number of nitrogens with one attached hydrogen (secondary N) is 1. The van der Waals surface area contributed by atoms with E-state index in [0.29, 0.717) is 30.9 Å². The molecule has 1 aromatic rings. The predicted molar refractivity (Wildman–Crippen MR) is 71.0 cm³/mol. The van der Waals surface area contributed by atoms with Gasteiger partial charge in [0.25, 0.3) is 5.91 Å². The number of carbonyl (C=O) groups is 1. The van der Waals surface area contributed by atoms with Gasteiger partial charge >= 0.3 is 0 Å². The van der Waals surface area contributed by atoms with Gasteiger partial charge in [0.05, 0.1) is 16.6 Å². The molecular formula is C13H19NO3S. The molecule has 0 atom stereocenters. The van der Waals surface area contributed by atoms with Gasteiger partial charge < -0.3 is 15.2 Å². The maximum Gasteiger partial charge on any atom is 0.261 e. The van der Waals surface area contributed by atoms with E-state index in [1.54, 1.807) is 0 Å². The molecule has 5 heteroatoms. The van der Waals surface area contributed by atoms with Crippen molar-refractivity contribution in [1.29, 1.82) is 0 Å². The largest absolute Gasteiger partial charge is 0.388 e. The summed E-state index contributed by atoms with van der Waals surface area (Å²) in [5.41, 5.74) is -0.790. The first-order valence-electron chi connectivity index (χ1n) is 6.21. The Kier molecular flexibility index (Phi) is 4.04. The lowest BCUT2D eigenvalue weighted by Gasteiger charge is -2.43. The van der Waals surface area contributed by atoms with E-state index in [1.165, 1.54) is 11.3 Å². The van der Waals surface area contributed by atoms with Gasteiger partial charge in [0.2, 0.25) is 0 Å². The van der Waals surface area contributed by atoms with E-state index in [1.807, 2.05) is 26.0 Å². The molecule has 1 aromatic heterocycles. The van der Waals surface area contributed by atoms with Gasteiger partial charge in [-0.2, -0.15) is 0 Å². The average molecular weight is 269 g/mol. The highest BCUT2D eigenvalue weighted by molar-refractivity contribution is 7.13. The SMILES string of the molecule is CCOC1CC(O)(CNC(=O)c2ccc(C)s2)C1. The normalized spacial score (nSPS) is 26.7. The lowest BCUT2D eigenvalue weighted by atomic mass is 9.77. The summed E-state index contributed by atoms with van der Waals surface area (Å²) in [4.78, 5) is 13.6. The Bertz CT molecular complexity index is 424. The van der Waals surface area contributed by atoms with Crippen molar-refractivity contribution in [1.82, 2.24) is 5.32 Å². The van der Waals surface area contributed by atoms with E-state index in [9.17, 15) is 9.90 Å². The maximum absolute atomic E-state index is 11.8. The van der Waals surface area contributed by atoms with Crippen molar-refractivity contribution in [2.75, 3.05) is 13.2 Å². The second kappa shape index (κ2) is 5.38. The molecule has 0 saturated heterocycles. The summed E-state index contributed by atoms with van der Waals surface area (Å²) in [6.45, 7) is 4.87. The molecule has 0 unspecified atom stereocenters. The van der Waals surface area contributed by atoms with Gasteiger partial charge in [-0.3, -0.25) is 4.79 Å². The molecule has 0 aromatic carbocycles. The molecule has 0 aliphatic heterocycles. The number of hydrogen-bond donors (Lipinski definition) is 2. The van der Waals surface area contributed by atoms with E-state index in [0.717, 1.165) is 4.88 Å². The zero-order valence-electron chi connectivity index (χ0n) is 10.7. The fourth-order valence-corrected chi connectivity index (χ4v) is 2.96. The first-order valence-corrected chi connectivity index (χ1v) is 7.03. The molecule has 1 amide bonds. The molecule has 0 bridgehead atoms. The minimum atomic E-state index is -0.790. The van der Waals surface area contributed by atoms with Crippen LogP contribution in [0.15, 0.2) is 12.1 Å². The van der Waals surface area contributed by atoms with Crippen molar-refractivity contribution < 1.29 is 14.6 Å². The second-order valence-corrected chi connectivity index (χ2v) is 6.09. The minimum Gasteiger partial charge on any atom is -0.388 e. The molecule has 4 nitrogen and oxygen atoms in total. The van der Waals surface area contributed by atoms with Crippen molar-refractivity contribution in [3.8, 4) is 0 Å². The summed E-state index contributed by atoms with van der Waals surface area (Å²) in [5.74, 6) is -0.110. The Hall–Kier alpha value is -0.910. The van der Waals surface area contributed by atoms with Crippen molar-refractivity contribution in [3.05, 3.63) is 21.9 Å². The van der Waals surface area contributed by atoms with Crippen molar-refractivity contribution in [3.63, 3.8) is 0 Å². The highest BCUT2D eigenvalue weighted by atomic mass is 32.1. The highest BCUT2D eigenvalue weighted by Gasteiger charge is 2.43. The van der Waals surface area contributed by atoms with Gasteiger partial charge in [0.15, 0.2) is 0 Å². The fraction of sp³-hybridized carbons (Fsp3) is 0.615. The fourth-order valence-electron chi connectivity index (χ4n) is 2.17. The summed E-state index contributed by atoms with van der Waals surface area (Å²) in [5, 5.41) is 12.9. The van der Waals surface area contributed by atoms with E-state index in [2.05, 4.69) is 5.32 Å². The Labute approximate surface area is 111 Å². The molecule has 1 fully saturated rings. The molecule has 1 saturated carbocycles. The number of carbonyl (C=O) groups excluding carboxylic acids is 1. The van der Waals surface area contributed by atoms with Gasteiger partial charge in [-0.1, -0.05) is 0 Å². The molecule has 100 valence electrons. The third kappa shape index (κ3) is 3.10. The number of hydrogen-bond acceptors (Lipinski definition) is 4. The minimum absolute atomic E-state index is 0.110. The van der Waals surface area contributed by atoms with Crippen LogP contribution in [0.3, 0.4) is 0 Å². The lowest BCUT2D eigenvalue weighted by Crippen LogP contribution is -2.55. The number of ether oxygens (including phenoxy) is 1.